The highest BCUT2D eigenvalue weighted by Gasteiger charge is 2.43. The highest BCUT2D eigenvalue weighted by Crippen LogP contribution is 2.29. The molecule has 0 atom stereocenters. The lowest BCUT2D eigenvalue weighted by Gasteiger charge is -2.16. The fraction of sp³-hybridized carbons (Fsp3) is 0.304. The number of ether oxygens (including phenoxy) is 2. The minimum atomic E-state index is -4.56. The summed E-state index contributed by atoms with van der Waals surface area (Å²) in [7, 11) is 1.77. The largest absolute Gasteiger partial charge is 0.461 e. The SMILES string of the molecule is CCC(=NOCc1ccc(OC(F)(F)C(F)F)cc1)c1c(C)nn(C)c1Oc1ccccc1. The Labute approximate surface area is 188 Å². The topological polar surface area (TPSA) is 57.9 Å². The van der Waals surface area contributed by atoms with E-state index in [0.29, 0.717) is 40.6 Å². The smallest absolute Gasteiger partial charge is 0.439 e. The van der Waals surface area contributed by atoms with Crippen LogP contribution in [-0.2, 0) is 18.5 Å². The minimum Gasteiger partial charge on any atom is -0.439 e. The second kappa shape index (κ2) is 10.4. The molecule has 1 heterocycles. The summed E-state index contributed by atoms with van der Waals surface area (Å²) in [6.45, 7) is 3.78. The van der Waals surface area contributed by atoms with Crippen molar-refractivity contribution in [3.8, 4) is 17.4 Å². The van der Waals surface area contributed by atoms with E-state index in [1.165, 1.54) is 12.1 Å². The average Bonchev–Trinajstić information content (AvgIpc) is 3.05. The van der Waals surface area contributed by atoms with Crippen LogP contribution in [0, 0.1) is 6.92 Å². The van der Waals surface area contributed by atoms with Gasteiger partial charge in [-0.15, -0.1) is 0 Å². The van der Waals surface area contributed by atoms with Crippen molar-refractivity contribution >= 4 is 5.71 Å². The Morgan fingerprint density at radius 1 is 1.06 bits per heavy atom. The maximum Gasteiger partial charge on any atom is 0.461 e. The molecule has 0 aliphatic heterocycles. The highest BCUT2D eigenvalue weighted by molar-refractivity contribution is 6.03. The molecule has 6 nitrogen and oxygen atoms in total. The molecule has 0 aliphatic carbocycles. The summed E-state index contributed by atoms with van der Waals surface area (Å²) in [6.07, 6.45) is -7.94. The maximum absolute atomic E-state index is 13.0. The molecule has 0 radical (unpaired) electrons. The third-order valence-corrected chi connectivity index (χ3v) is 4.59. The summed E-state index contributed by atoms with van der Waals surface area (Å²) in [6, 6.07) is 14.5. The van der Waals surface area contributed by atoms with E-state index in [2.05, 4.69) is 15.0 Å². The number of hydrogen-bond donors (Lipinski definition) is 0. The number of benzene rings is 2. The molecule has 2 aromatic carbocycles. The van der Waals surface area contributed by atoms with Crippen LogP contribution in [0.25, 0.3) is 0 Å². The quantitative estimate of drug-likeness (QED) is 0.207. The number of halogens is 4. The van der Waals surface area contributed by atoms with Gasteiger partial charge in [0.25, 0.3) is 0 Å². The first-order chi connectivity index (χ1) is 15.7. The first-order valence-electron chi connectivity index (χ1n) is 10.1. The van der Waals surface area contributed by atoms with Crippen LogP contribution in [0.1, 0.15) is 30.2 Å². The monoisotopic (exact) mass is 465 g/mol. The van der Waals surface area contributed by atoms with Crippen molar-refractivity contribution in [1.82, 2.24) is 9.78 Å². The Morgan fingerprint density at radius 2 is 1.73 bits per heavy atom. The fourth-order valence-electron chi connectivity index (χ4n) is 3.01. The molecular formula is C23H23F4N3O3. The molecule has 0 unspecified atom stereocenters. The minimum absolute atomic E-state index is 0.0310. The number of alkyl halides is 4. The molecule has 1 aromatic heterocycles. The molecule has 0 N–H and O–H groups in total. The third-order valence-electron chi connectivity index (χ3n) is 4.59. The van der Waals surface area contributed by atoms with Gasteiger partial charge in [-0.25, -0.2) is 4.68 Å². The average molecular weight is 465 g/mol. The van der Waals surface area contributed by atoms with E-state index in [1.54, 1.807) is 11.7 Å². The molecule has 0 amide bonds. The van der Waals surface area contributed by atoms with Crippen LogP contribution in [0.4, 0.5) is 17.6 Å². The van der Waals surface area contributed by atoms with Crippen LogP contribution in [0.15, 0.2) is 59.8 Å². The Bertz CT molecular complexity index is 1080. The molecule has 0 bridgehead atoms. The number of hydrogen-bond acceptors (Lipinski definition) is 5. The van der Waals surface area contributed by atoms with Gasteiger partial charge in [0.15, 0.2) is 0 Å². The molecule has 0 spiro atoms. The molecule has 0 saturated heterocycles. The third kappa shape index (κ3) is 6.03. The lowest BCUT2D eigenvalue weighted by molar-refractivity contribution is -0.253. The van der Waals surface area contributed by atoms with Gasteiger partial charge in [0, 0.05) is 7.05 Å². The van der Waals surface area contributed by atoms with Crippen molar-refractivity contribution in [2.24, 2.45) is 12.2 Å². The fourth-order valence-corrected chi connectivity index (χ4v) is 3.01. The van der Waals surface area contributed by atoms with E-state index in [1.807, 2.05) is 44.2 Å². The highest BCUT2D eigenvalue weighted by atomic mass is 19.3. The van der Waals surface area contributed by atoms with Crippen LogP contribution >= 0.6 is 0 Å². The summed E-state index contributed by atoms with van der Waals surface area (Å²) in [4.78, 5) is 5.46. The van der Waals surface area contributed by atoms with Crippen molar-refractivity contribution in [3.05, 3.63) is 71.4 Å². The van der Waals surface area contributed by atoms with Crippen molar-refractivity contribution in [3.63, 3.8) is 0 Å². The Hall–Kier alpha value is -3.56. The van der Waals surface area contributed by atoms with Gasteiger partial charge in [0.1, 0.15) is 18.1 Å². The van der Waals surface area contributed by atoms with Gasteiger partial charge in [-0.3, -0.25) is 0 Å². The lowest BCUT2D eigenvalue weighted by Crippen LogP contribution is -2.33. The number of aryl methyl sites for hydroxylation is 2. The molecule has 3 rings (SSSR count). The summed E-state index contributed by atoms with van der Waals surface area (Å²) in [5.74, 6) is 0.790. The molecule has 0 aliphatic rings. The first-order valence-corrected chi connectivity index (χ1v) is 10.1. The zero-order chi connectivity index (χ0) is 24.0. The predicted molar refractivity (Wildman–Crippen MR) is 114 cm³/mol. The van der Waals surface area contributed by atoms with Gasteiger partial charge in [-0.1, -0.05) is 42.4 Å². The van der Waals surface area contributed by atoms with Gasteiger partial charge in [-0.05, 0) is 43.2 Å². The molecule has 176 valence electrons. The summed E-state index contributed by atoms with van der Waals surface area (Å²) < 4.78 is 62.2. The van der Waals surface area contributed by atoms with E-state index in [4.69, 9.17) is 9.57 Å². The van der Waals surface area contributed by atoms with Crippen molar-refractivity contribution < 1.29 is 31.9 Å². The number of oxime groups is 1. The van der Waals surface area contributed by atoms with Crippen molar-refractivity contribution in [1.29, 1.82) is 0 Å². The zero-order valence-electron chi connectivity index (χ0n) is 18.3. The number of aromatic nitrogens is 2. The Kier molecular flexibility index (Phi) is 7.57. The zero-order valence-corrected chi connectivity index (χ0v) is 18.3. The first kappa shape index (κ1) is 24.1. The van der Waals surface area contributed by atoms with Crippen molar-refractivity contribution in [2.45, 2.75) is 39.4 Å². The number of nitrogens with zero attached hydrogens (tertiary/aromatic N) is 3. The predicted octanol–water partition coefficient (Wildman–Crippen LogP) is 6.09. The van der Waals surface area contributed by atoms with Crippen LogP contribution in [0.2, 0.25) is 0 Å². The lowest BCUT2D eigenvalue weighted by atomic mass is 10.1. The van der Waals surface area contributed by atoms with E-state index < -0.39 is 12.5 Å². The van der Waals surface area contributed by atoms with Crippen LogP contribution in [0.3, 0.4) is 0 Å². The molecule has 0 fully saturated rings. The normalized spacial score (nSPS) is 12.2. The molecule has 0 saturated carbocycles. The Balaban J connectivity index is 1.71. The van der Waals surface area contributed by atoms with Gasteiger partial charge in [-0.2, -0.15) is 22.7 Å². The van der Waals surface area contributed by atoms with E-state index in [0.717, 1.165) is 12.1 Å². The van der Waals surface area contributed by atoms with E-state index in [-0.39, 0.29) is 12.4 Å². The number of para-hydroxylation sites is 1. The summed E-state index contributed by atoms with van der Waals surface area (Å²) in [5.41, 5.74) is 2.63. The summed E-state index contributed by atoms with van der Waals surface area (Å²) >= 11 is 0. The van der Waals surface area contributed by atoms with Crippen molar-refractivity contribution in [2.75, 3.05) is 0 Å². The van der Waals surface area contributed by atoms with Gasteiger partial charge >= 0.3 is 12.5 Å². The second-order valence-corrected chi connectivity index (χ2v) is 7.08. The molecule has 10 heteroatoms. The van der Waals surface area contributed by atoms with Crippen LogP contribution in [0.5, 0.6) is 17.4 Å². The van der Waals surface area contributed by atoms with Crippen LogP contribution < -0.4 is 9.47 Å². The van der Waals surface area contributed by atoms with Gasteiger partial charge in [0.05, 0.1) is 17.0 Å². The summed E-state index contributed by atoms with van der Waals surface area (Å²) in [5, 5.41) is 8.64. The molecular weight excluding hydrogens is 442 g/mol. The molecule has 33 heavy (non-hydrogen) atoms. The van der Waals surface area contributed by atoms with E-state index in [9.17, 15) is 17.6 Å². The maximum atomic E-state index is 13.0. The van der Waals surface area contributed by atoms with E-state index >= 15 is 0 Å². The second-order valence-electron chi connectivity index (χ2n) is 7.08. The molecule has 3 aromatic rings. The van der Waals surface area contributed by atoms with Gasteiger partial charge < -0.3 is 14.3 Å². The number of rotatable bonds is 10. The standard InChI is InChI=1S/C23H23F4N3O3/c1-4-19(20-15(2)28-30(3)21(20)32-17-8-6-5-7-9-17)29-31-14-16-10-12-18(13-11-16)33-23(26,27)22(24)25/h5-13,22H,4,14H2,1-3H3. The van der Waals surface area contributed by atoms with Gasteiger partial charge in [0.2, 0.25) is 5.88 Å². The van der Waals surface area contributed by atoms with Crippen LogP contribution in [-0.4, -0.2) is 28.0 Å². The Morgan fingerprint density at radius 3 is 2.33 bits per heavy atom.